The van der Waals surface area contributed by atoms with Crippen molar-refractivity contribution in [2.45, 2.75) is 135 Å². The Hall–Kier alpha value is -3.27. The zero-order valence-corrected chi connectivity index (χ0v) is 34.0. The van der Waals surface area contributed by atoms with E-state index in [-0.39, 0.29) is 29.4 Å². The van der Waals surface area contributed by atoms with E-state index in [9.17, 15) is 14.7 Å². The number of carboxylic acids is 1. The van der Waals surface area contributed by atoms with Crippen LogP contribution in [0.15, 0.2) is 103 Å². The molecule has 1 unspecified atom stereocenters. The van der Waals surface area contributed by atoms with Crippen LogP contribution in [-0.4, -0.2) is 47.2 Å². The normalized spacial score (nSPS) is 16.9. The number of benzene rings is 3. The average molecular weight is 740 g/mol. The van der Waals surface area contributed by atoms with Gasteiger partial charge in [0.05, 0.1) is 5.92 Å². The molecule has 4 rings (SSSR count). The Morgan fingerprint density at radius 2 is 1.11 bits per heavy atom. The summed E-state index contributed by atoms with van der Waals surface area (Å²) in [5.41, 5.74) is -0.331. The molecule has 1 heterocycles. The highest BCUT2D eigenvalue weighted by Gasteiger charge is 2.54. The molecule has 0 aliphatic carbocycles. The minimum absolute atomic E-state index is 0.0575. The third kappa shape index (κ3) is 12.4. The van der Waals surface area contributed by atoms with E-state index in [0.29, 0.717) is 6.61 Å². The molecule has 0 saturated carbocycles. The van der Waals surface area contributed by atoms with Crippen molar-refractivity contribution in [3.8, 4) is 0 Å². The average Bonchev–Trinajstić information content (AvgIpc) is 3.34. The predicted molar refractivity (Wildman–Crippen MR) is 223 cm³/mol. The number of carbonyl (C=O) groups is 2. The Bertz CT molecular complexity index is 1430. The lowest BCUT2D eigenvalue weighted by molar-refractivity contribution is -0.305. The van der Waals surface area contributed by atoms with Crippen LogP contribution in [-0.2, 0) is 14.3 Å². The molecule has 0 bridgehead atoms. The first-order valence-corrected chi connectivity index (χ1v) is 22.4. The number of nitrogens with zero attached hydrogens (tertiary/aromatic N) is 1. The number of unbranched alkanes of at least 4 members (excludes halogenated alkanes) is 11. The molecule has 5 nitrogen and oxygen atoms in total. The molecule has 53 heavy (non-hydrogen) atoms. The number of carbonyl (C=O) groups excluding carboxylic acids is 2. The zero-order chi connectivity index (χ0) is 38.0. The molecule has 1 fully saturated rings. The summed E-state index contributed by atoms with van der Waals surface area (Å²) >= 11 is 0. The number of ether oxygens (including phenoxy) is 1. The van der Waals surface area contributed by atoms with Crippen molar-refractivity contribution >= 4 is 35.1 Å². The molecular weight excluding hydrogens is 673 g/mol. The fourth-order valence-corrected chi connectivity index (χ4v) is 12.7. The Labute approximate surface area is 322 Å². The largest absolute Gasteiger partial charge is 0.550 e. The van der Waals surface area contributed by atoms with E-state index < -0.39 is 13.2 Å². The van der Waals surface area contributed by atoms with E-state index in [1.165, 1.54) is 60.9 Å². The topological polar surface area (TPSA) is 69.7 Å². The maximum absolute atomic E-state index is 14.0. The van der Waals surface area contributed by atoms with Gasteiger partial charge in [0.15, 0.2) is 0 Å². The SMILES string of the molecule is CC1(C)CC(C(=O)OCC[P+](c2ccccc2)(c2ccccc2)c2ccccc2)C(C)(C)N1CCCCCCCC/C=C\CCCCCCCC(=O)[O-]. The van der Waals surface area contributed by atoms with Gasteiger partial charge in [-0.2, -0.15) is 0 Å². The Balaban J connectivity index is 1.21. The molecule has 288 valence electrons. The molecule has 0 aromatic heterocycles. The smallest absolute Gasteiger partial charge is 0.311 e. The monoisotopic (exact) mass is 739 g/mol. The highest BCUT2D eigenvalue weighted by atomic mass is 31.2. The molecule has 3 aromatic rings. The van der Waals surface area contributed by atoms with Crippen LogP contribution in [0.25, 0.3) is 0 Å². The quantitative estimate of drug-likeness (QED) is 0.0397. The summed E-state index contributed by atoms with van der Waals surface area (Å²) in [4.78, 5) is 27.0. The first-order chi connectivity index (χ1) is 25.6. The fourth-order valence-electron chi connectivity index (χ4n) is 8.59. The van der Waals surface area contributed by atoms with E-state index in [1.807, 2.05) is 0 Å². The van der Waals surface area contributed by atoms with Crippen molar-refractivity contribution in [2.75, 3.05) is 19.3 Å². The number of carboxylic acid groups (broad SMARTS) is 1. The molecule has 1 atom stereocenters. The van der Waals surface area contributed by atoms with Crippen molar-refractivity contribution in [2.24, 2.45) is 5.92 Å². The van der Waals surface area contributed by atoms with Crippen molar-refractivity contribution < 1.29 is 19.4 Å². The first kappa shape index (κ1) is 42.5. The minimum atomic E-state index is -2.06. The molecule has 0 radical (unpaired) electrons. The number of hydrogen-bond donors (Lipinski definition) is 0. The van der Waals surface area contributed by atoms with Gasteiger partial charge in [0.2, 0.25) is 0 Å². The lowest BCUT2D eigenvalue weighted by Gasteiger charge is -2.41. The van der Waals surface area contributed by atoms with Crippen LogP contribution in [0.3, 0.4) is 0 Å². The third-order valence-corrected chi connectivity index (χ3v) is 15.8. The fraction of sp³-hybridized carbons (Fsp3) is 0.532. The molecule has 6 heteroatoms. The summed E-state index contributed by atoms with van der Waals surface area (Å²) in [6, 6.07) is 32.4. The summed E-state index contributed by atoms with van der Waals surface area (Å²) in [5.74, 6) is -1.15. The van der Waals surface area contributed by atoms with Crippen LogP contribution in [0.2, 0.25) is 0 Å². The lowest BCUT2D eigenvalue weighted by Crippen LogP contribution is -2.51. The molecular formula is C47H66NO4P. The van der Waals surface area contributed by atoms with Crippen LogP contribution in [0.5, 0.6) is 0 Å². The van der Waals surface area contributed by atoms with Gasteiger partial charge in [0.25, 0.3) is 0 Å². The number of esters is 1. The Kier molecular flexibility index (Phi) is 17.3. The summed E-state index contributed by atoms with van der Waals surface area (Å²) in [5, 5.41) is 14.4. The predicted octanol–water partition coefficient (Wildman–Crippen LogP) is 9.17. The van der Waals surface area contributed by atoms with Gasteiger partial charge in [-0.15, -0.1) is 0 Å². The van der Waals surface area contributed by atoms with Crippen LogP contribution in [0, 0.1) is 5.92 Å². The summed E-state index contributed by atoms with van der Waals surface area (Å²) in [6.07, 6.45) is 21.4. The molecule has 1 aliphatic rings. The van der Waals surface area contributed by atoms with Gasteiger partial charge >= 0.3 is 5.97 Å². The Morgan fingerprint density at radius 3 is 1.58 bits per heavy atom. The summed E-state index contributed by atoms with van der Waals surface area (Å²) in [7, 11) is -2.06. The summed E-state index contributed by atoms with van der Waals surface area (Å²) in [6.45, 7) is 10.5. The highest BCUT2D eigenvalue weighted by molar-refractivity contribution is 7.95. The highest BCUT2D eigenvalue weighted by Crippen LogP contribution is 2.55. The van der Waals surface area contributed by atoms with Gasteiger partial charge in [-0.25, -0.2) is 0 Å². The van der Waals surface area contributed by atoms with Crippen molar-refractivity contribution in [1.82, 2.24) is 4.90 Å². The van der Waals surface area contributed by atoms with Crippen molar-refractivity contribution in [3.63, 3.8) is 0 Å². The van der Waals surface area contributed by atoms with E-state index >= 15 is 0 Å². The number of allylic oxidation sites excluding steroid dienone is 2. The molecule has 0 N–H and O–H groups in total. The van der Waals surface area contributed by atoms with Gasteiger partial charge in [0, 0.05) is 17.0 Å². The van der Waals surface area contributed by atoms with Crippen LogP contribution in [0.1, 0.15) is 124 Å². The second-order valence-electron chi connectivity index (χ2n) is 16.1. The second-order valence-corrected chi connectivity index (χ2v) is 19.8. The number of hydrogen-bond acceptors (Lipinski definition) is 5. The lowest BCUT2D eigenvalue weighted by atomic mass is 9.87. The van der Waals surface area contributed by atoms with Gasteiger partial charge in [-0.3, -0.25) is 9.69 Å². The van der Waals surface area contributed by atoms with E-state index in [4.69, 9.17) is 4.74 Å². The van der Waals surface area contributed by atoms with Crippen LogP contribution in [0.4, 0.5) is 0 Å². The summed E-state index contributed by atoms with van der Waals surface area (Å²) < 4.78 is 6.30. The molecule has 1 saturated heterocycles. The van der Waals surface area contributed by atoms with Gasteiger partial charge in [-0.1, -0.05) is 112 Å². The minimum Gasteiger partial charge on any atom is -0.550 e. The van der Waals surface area contributed by atoms with E-state index in [1.54, 1.807) is 0 Å². The second kappa shape index (κ2) is 21.6. The number of aliphatic carboxylic acids is 1. The maximum Gasteiger partial charge on any atom is 0.311 e. The van der Waals surface area contributed by atoms with Gasteiger partial charge in [0.1, 0.15) is 35.9 Å². The Morgan fingerprint density at radius 1 is 0.679 bits per heavy atom. The molecule has 0 spiro atoms. The third-order valence-electron chi connectivity index (χ3n) is 11.5. The molecule has 0 amide bonds. The zero-order valence-electron chi connectivity index (χ0n) is 33.1. The van der Waals surface area contributed by atoms with Crippen molar-refractivity contribution in [1.29, 1.82) is 0 Å². The van der Waals surface area contributed by atoms with E-state index in [0.717, 1.165) is 57.7 Å². The van der Waals surface area contributed by atoms with Crippen LogP contribution >= 0.6 is 7.26 Å². The molecule has 3 aromatic carbocycles. The maximum atomic E-state index is 14.0. The number of rotatable bonds is 24. The van der Waals surface area contributed by atoms with E-state index in [2.05, 4.69) is 136 Å². The standard InChI is InChI=1S/C47H66NO4P/c1-46(2)39-43(47(3,4)48(46)36-28-17-15-13-11-9-7-5-6-8-10-12-14-16-27-35-44(49)50)45(51)52-37-38-53(40-29-21-18-22-30-40,41-31-23-19-24-32-41)42-33-25-20-26-34-42/h5-6,18-26,29-34,43H,7-17,27-28,35-39H2,1-4H3/b6-5-. The van der Waals surface area contributed by atoms with Crippen LogP contribution < -0.4 is 21.0 Å². The van der Waals surface area contributed by atoms with Gasteiger partial charge in [-0.05, 0) is 122 Å². The number of likely N-dealkylation sites (tertiary alicyclic amines) is 1. The van der Waals surface area contributed by atoms with Gasteiger partial charge < -0.3 is 14.6 Å². The first-order valence-electron chi connectivity index (χ1n) is 20.4. The van der Waals surface area contributed by atoms with Crippen molar-refractivity contribution in [3.05, 3.63) is 103 Å². The molecule has 1 aliphatic heterocycles.